The Morgan fingerprint density at radius 2 is 2.04 bits per heavy atom. The fourth-order valence-electron chi connectivity index (χ4n) is 2.57. The lowest BCUT2D eigenvalue weighted by atomic mass is 10.0. The SMILES string of the molecule is N#Cc1cc(C(=O)NC2(Cc3ccccc3Br)CC2)ccc1F. The molecule has 1 aliphatic carbocycles. The maximum absolute atomic E-state index is 13.4. The predicted molar refractivity (Wildman–Crippen MR) is 88.4 cm³/mol. The quantitative estimate of drug-likeness (QED) is 0.882. The highest BCUT2D eigenvalue weighted by Gasteiger charge is 2.44. The van der Waals surface area contributed by atoms with Gasteiger partial charge < -0.3 is 5.32 Å². The lowest BCUT2D eigenvalue weighted by Crippen LogP contribution is -2.38. The lowest BCUT2D eigenvalue weighted by molar-refractivity contribution is 0.0931. The van der Waals surface area contributed by atoms with E-state index in [9.17, 15) is 9.18 Å². The number of hydrogen-bond donors (Lipinski definition) is 1. The van der Waals surface area contributed by atoms with Gasteiger partial charge in [0.1, 0.15) is 11.9 Å². The summed E-state index contributed by atoms with van der Waals surface area (Å²) in [5.41, 5.74) is 1.08. The molecule has 1 amide bonds. The zero-order valence-electron chi connectivity index (χ0n) is 12.3. The largest absolute Gasteiger partial charge is 0.346 e. The third kappa shape index (κ3) is 3.43. The number of nitriles is 1. The van der Waals surface area contributed by atoms with E-state index in [1.165, 1.54) is 12.1 Å². The van der Waals surface area contributed by atoms with E-state index in [-0.39, 0.29) is 17.0 Å². The van der Waals surface area contributed by atoms with Gasteiger partial charge >= 0.3 is 0 Å². The van der Waals surface area contributed by atoms with Crippen molar-refractivity contribution in [3.63, 3.8) is 0 Å². The van der Waals surface area contributed by atoms with E-state index < -0.39 is 5.82 Å². The van der Waals surface area contributed by atoms with Crippen LogP contribution in [-0.4, -0.2) is 11.4 Å². The molecule has 23 heavy (non-hydrogen) atoms. The second-order valence-electron chi connectivity index (χ2n) is 5.81. The summed E-state index contributed by atoms with van der Waals surface area (Å²) in [6.07, 6.45) is 2.56. The van der Waals surface area contributed by atoms with Gasteiger partial charge in [-0.15, -0.1) is 0 Å². The number of rotatable bonds is 4. The Morgan fingerprint density at radius 3 is 2.70 bits per heavy atom. The van der Waals surface area contributed by atoms with Gasteiger partial charge in [-0.05, 0) is 49.1 Å². The smallest absolute Gasteiger partial charge is 0.251 e. The molecule has 0 spiro atoms. The monoisotopic (exact) mass is 372 g/mol. The first-order chi connectivity index (χ1) is 11.0. The Balaban J connectivity index is 1.75. The molecule has 0 saturated heterocycles. The van der Waals surface area contributed by atoms with Gasteiger partial charge in [0, 0.05) is 15.6 Å². The minimum atomic E-state index is -0.613. The van der Waals surface area contributed by atoms with Crippen LogP contribution in [0.4, 0.5) is 4.39 Å². The minimum absolute atomic E-state index is 0.117. The molecule has 1 aliphatic rings. The number of nitrogens with one attached hydrogen (secondary N) is 1. The number of halogens is 2. The lowest BCUT2D eigenvalue weighted by Gasteiger charge is -2.18. The Bertz CT molecular complexity index is 809. The van der Waals surface area contributed by atoms with Crippen LogP contribution < -0.4 is 5.32 Å². The van der Waals surface area contributed by atoms with Gasteiger partial charge in [0.05, 0.1) is 5.56 Å². The summed E-state index contributed by atoms with van der Waals surface area (Å²) >= 11 is 3.52. The van der Waals surface area contributed by atoms with Crippen LogP contribution >= 0.6 is 15.9 Å². The third-order valence-corrected chi connectivity index (χ3v) is 4.84. The number of amides is 1. The molecule has 0 aliphatic heterocycles. The molecular weight excluding hydrogens is 359 g/mol. The Hall–Kier alpha value is -2.19. The first kappa shape index (κ1) is 15.7. The van der Waals surface area contributed by atoms with Crippen LogP contribution in [-0.2, 0) is 6.42 Å². The van der Waals surface area contributed by atoms with Crippen molar-refractivity contribution in [3.05, 3.63) is 69.4 Å². The zero-order chi connectivity index (χ0) is 16.4. The fourth-order valence-corrected chi connectivity index (χ4v) is 2.99. The summed E-state index contributed by atoms with van der Waals surface area (Å²) in [7, 11) is 0. The van der Waals surface area contributed by atoms with E-state index in [2.05, 4.69) is 21.2 Å². The zero-order valence-corrected chi connectivity index (χ0v) is 13.9. The van der Waals surface area contributed by atoms with Crippen LogP contribution in [0.15, 0.2) is 46.9 Å². The topological polar surface area (TPSA) is 52.9 Å². The molecule has 0 radical (unpaired) electrons. The molecule has 3 nitrogen and oxygen atoms in total. The van der Waals surface area contributed by atoms with Crippen molar-refractivity contribution in [1.29, 1.82) is 5.26 Å². The van der Waals surface area contributed by atoms with Gasteiger partial charge in [-0.2, -0.15) is 5.26 Å². The average molecular weight is 373 g/mol. The van der Waals surface area contributed by atoms with Crippen molar-refractivity contribution >= 4 is 21.8 Å². The number of carbonyl (C=O) groups excluding carboxylic acids is 1. The minimum Gasteiger partial charge on any atom is -0.346 e. The first-order valence-electron chi connectivity index (χ1n) is 7.29. The summed E-state index contributed by atoms with van der Waals surface area (Å²) in [4.78, 5) is 12.4. The normalized spacial score (nSPS) is 14.8. The molecule has 3 rings (SSSR count). The molecule has 0 atom stereocenters. The van der Waals surface area contributed by atoms with Crippen molar-refractivity contribution in [3.8, 4) is 6.07 Å². The van der Waals surface area contributed by atoms with Gasteiger partial charge in [0.25, 0.3) is 5.91 Å². The third-order valence-electron chi connectivity index (χ3n) is 4.07. The van der Waals surface area contributed by atoms with Gasteiger partial charge in [0.2, 0.25) is 0 Å². The number of benzene rings is 2. The standard InChI is InChI=1S/C18H14BrFN2O/c19-15-4-2-1-3-13(15)10-18(7-8-18)22-17(23)12-5-6-16(20)14(9-12)11-21/h1-6,9H,7-8,10H2,(H,22,23). The van der Waals surface area contributed by atoms with E-state index in [0.29, 0.717) is 5.56 Å². The summed E-state index contributed by atoms with van der Waals surface area (Å²) < 4.78 is 14.4. The first-order valence-corrected chi connectivity index (χ1v) is 8.08. The summed E-state index contributed by atoms with van der Waals surface area (Å²) in [6, 6.07) is 13.5. The molecule has 2 aromatic carbocycles. The van der Waals surface area contributed by atoms with Crippen molar-refractivity contribution < 1.29 is 9.18 Å². The van der Waals surface area contributed by atoms with E-state index in [4.69, 9.17) is 5.26 Å². The average Bonchev–Trinajstić information content (AvgIpc) is 3.29. The van der Waals surface area contributed by atoms with Crippen LogP contribution in [0.25, 0.3) is 0 Å². The van der Waals surface area contributed by atoms with Crippen molar-refractivity contribution in [1.82, 2.24) is 5.32 Å². The highest BCUT2D eigenvalue weighted by Crippen LogP contribution is 2.40. The second-order valence-corrected chi connectivity index (χ2v) is 6.66. The molecule has 1 N–H and O–H groups in total. The van der Waals surface area contributed by atoms with Crippen LogP contribution in [0, 0.1) is 17.1 Å². The van der Waals surface area contributed by atoms with Gasteiger partial charge in [-0.3, -0.25) is 4.79 Å². The van der Waals surface area contributed by atoms with Crippen molar-refractivity contribution in [2.45, 2.75) is 24.8 Å². The fraction of sp³-hybridized carbons (Fsp3) is 0.222. The van der Waals surface area contributed by atoms with Gasteiger partial charge in [0.15, 0.2) is 0 Å². The molecule has 0 heterocycles. The highest BCUT2D eigenvalue weighted by atomic mass is 79.9. The number of carbonyl (C=O) groups is 1. The highest BCUT2D eigenvalue weighted by molar-refractivity contribution is 9.10. The van der Waals surface area contributed by atoms with Crippen molar-refractivity contribution in [2.24, 2.45) is 0 Å². The molecule has 1 saturated carbocycles. The van der Waals surface area contributed by atoms with Crippen LogP contribution in [0.3, 0.4) is 0 Å². The predicted octanol–water partition coefficient (Wildman–Crippen LogP) is 3.96. The number of hydrogen-bond acceptors (Lipinski definition) is 2. The molecule has 0 aromatic heterocycles. The maximum atomic E-state index is 13.4. The van der Waals surface area contributed by atoms with E-state index in [1.807, 2.05) is 24.3 Å². The number of nitrogens with zero attached hydrogens (tertiary/aromatic N) is 1. The van der Waals surface area contributed by atoms with E-state index >= 15 is 0 Å². The molecule has 5 heteroatoms. The Morgan fingerprint density at radius 1 is 1.30 bits per heavy atom. The maximum Gasteiger partial charge on any atom is 0.251 e. The Labute approximate surface area is 142 Å². The molecule has 116 valence electrons. The van der Waals surface area contributed by atoms with Crippen LogP contribution in [0.5, 0.6) is 0 Å². The molecule has 0 bridgehead atoms. The van der Waals surface area contributed by atoms with Crippen LogP contribution in [0.2, 0.25) is 0 Å². The van der Waals surface area contributed by atoms with Gasteiger partial charge in [-0.1, -0.05) is 34.1 Å². The summed E-state index contributed by atoms with van der Waals surface area (Å²) in [5, 5.41) is 11.9. The van der Waals surface area contributed by atoms with E-state index in [0.717, 1.165) is 35.4 Å². The van der Waals surface area contributed by atoms with Gasteiger partial charge in [-0.25, -0.2) is 4.39 Å². The summed E-state index contributed by atoms with van der Waals surface area (Å²) in [5.74, 6) is -0.885. The van der Waals surface area contributed by atoms with Crippen LogP contribution in [0.1, 0.15) is 34.3 Å². The van der Waals surface area contributed by atoms with E-state index in [1.54, 1.807) is 6.07 Å². The molecule has 1 fully saturated rings. The molecule has 0 unspecified atom stereocenters. The van der Waals surface area contributed by atoms with Crippen molar-refractivity contribution in [2.75, 3.05) is 0 Å². The molecular formula is C18H14BrFN2O. The summed E-state index contributed by atoms with van der Waals surface area (Å²) in [6.45, 7) is 0. The molecule has 2 aromatic rings. The Kier molecular flexibility index (Phi) is 4.18. The second kappa shape index (κ2) is 6.13.